The van der Waals surface area contributed by atoms with Gasteiger partial charge in [-0.3, -0.25) is 0 Å². The smallest absolute Gasteiger partial charge is 0.339 e. The summed E-state index contributed by atoms with van der Waals surface area (Å²) in [5.41, 5.74) is 1.19. The Bertz CT molecular complexity index is 696. The van der Waals surface area contributed by atoms with Gasteiger partial charge in [-0.2, -0.15) is 0 Å². The van der Waals surface area contributed by atoms with Crippen LogP contribution in [-0.2, 0) is 6.61 Å². The first-order valence-electron chi connectivity index (χ1n) is 7.50. The first kappa shape index (κ1) is 15.9. The minimum Gasteiger partial charge on any atom is -0.492 e. The summed E-state index contributed by atoms with van der Waals surface area (Å²) in [6.07, 6.45) is 2.30. The number of aromatic carboxylic acids is 1. The van der Waals surface area contributed by atoms with Gasteiger partial charge in [-0.15, -0.1) is 0 Å². The zero-order valence-electron chi connectivity index (χ0n) is 12.5. The Morgan fingerprint density at radius 1 is 1.13 bits per heavy atom. The van der Waals surface area contributed by atoms with E-state index in [1.807, 2.05) is 30.3 Å². The van der Waals surface area contributed by atoms with Gasteiger partial charge in [0.05, 0.1) is 11.1 Å². The fraction of sp³-hybridized carbons (Fsp3) is 0.278. The molecule has 1 aliphatic rings. The number of carboxylic acids is 1. The van der Waals surface area contributed by atoms with E-state index in [9.17, 15) is 9.90 Å². The van der Waals surface area contributed by atoms with E-state index in [-0.39, 0.29) is 5.56 Å². The fourth-order valence-electron chi connectivity index (χ4n) is 2.16. The van der Waals surface area contributed by atoms with Crippen LogP contribution in [0.25, 0.3) is 0 Å². The molecule has 0 heterocycles. The van der Waals surface area contributed by atoms with Gasteiger partial charge < -0.3 is 14.6 Å². The van der Waals surface area contributed by atoms with E-state index in [1.54, 1.807) is 6.07 Å². The molecule has 1 saturated carbocycles. The summed E-state index contributed by atoms with van der Waals surface area (Å²) in [5.74, 6) is 0.473. The summed E-state index contributed by atoms with van der Waals surface area (Å²) in [6.45, 7) is 0.966. The molecule has 0 aliphatic heterocycles. The monoisotopic (exact) mass is 376 g/mol. The molecule has 2 aromatic rings. The number of rotatable bonds is 7. The minimum absolute atomic E-state index is 0.143. The maximum absolute atomic E-state index is 11.4. The van der Waals surface area contributed by atoms with Crippen molar-refractivity contribution in [3.05, 3.63) is 58.1 Å². The van der Waals surface area contributed by atoms with Crippen LogP contribution in [0, 0.1) is 5.92 Å². The summed E-state index contributed by atoms with van der Waals surface area (Å²) >= 11 is 3.37. The lowest BCUT2D eigenvalue weighted by Gasteiger charge is -2.14. The van der Waals surface area contributed by atoms with Crippen LogP contribution in [0.2, 0.25) is 0 Å². The molecule has 0 atom stereocenters. The lowest BCUT2D eigenvalue weighted by Crippen LogP contribution is -2.07. The Kier molecular flexibility index (Phi) is 4.86. The molecular formula is C18H17BrO4. The number of carbonyl (C=O) groups is 1. The van der Waals surface area contributed by atoms with Crippen LogP contribution in [0.15, 0.2) is 46.9 Å². The van der Waals surface area contributed by atoms with Gasteiger partial charge in [0.25, 0.3) is 0 Å². The average molecular weight is 377 g/mol. The Morgan fingerprint density at radius 3 is 2.52 bits per heavy atom. The van der Waals surface area contributed by atoms with Crippen molar-refractivity contribution in [2.45, 2.75) is 19.4 Å². The van der Waals surface area contributed by atoms with Crippen LogP contribution < -0.4 is 9.47 Å². The van der Waals surface area contributed by atoms with Crippen LogP contribution in [0.5, 0.6) is 11.5 Å². The van der Waals surface area contributed by atoms with Gasteiger partial charge in [0, 0.05) is 6.07 Å². The van der Waals surface area contributed by atoms with Gasteiger partial charge in [-0.1, -0.05) is 30.3 Å². The first-order valence-corrected chi connectivity index (χ1v) is 8.29. The molecule has 4 nitrogen and oxygen atoms in total. The first-order chi connectivity index (χ1) is 11.1. The number of ether oxygens (including phenoxy) is 2. The fourth-order valence-corrected chi connectivity index (χ4v) is 2.62. The molecule has 0 spiro atoms. The molecule has 1 aliphatic carbocycles. The van der Waals surface area contributed by atoms with Crippen molar-refractivity contribution in [1.29, 1.82) is 0 Å². The normalized spacial score (nSPS) is 13.6. The van der Waals surface area contributed by atoms with Crippen molar-refractivity contribution >= 4 is 21.9 Å². The summed E-state index contributed by atoms with van der Waals surface area (Å²) in [6, 6.07) is 13.0. The third-order valence-corrected chi connectivity index (χ3v) is 4.29. The highest BCUT2D eigenvalue weighted by Gasteiger charge is 2.24. The van der Waals surface area contributed by atoms with E-state index in [2.05, 4.69) is 15.9 Å². The second-order valence-electron chi connectivity index (χ2n) is 5.61. The number of hydrogen-bond acceptors (Lipinski definition) is 3. The number of benzene rings is 2. The molecule has 23 heavy (non-hydrogen) atoms. The van der Waals surface area contributed by atoms with Crippen LogP contribution >= 0.6 is 15.9 Å². The third-order valence-electron chi connectivity index (χ3n) is 3.67. The zero-order valence-corrected chi connectivity index (χ0v) is 14.1. The van der Waals surface area contributed by atoms with E-state index in [0.29, 0.717) is 35.1 Å². The summed E-state index contributed by atoms with van der Waals surface area (Å²) in [4.78, 5) is 11.4. The predicted molar refractivity (Wildman–Crippen MR) is 90.1 cm³/mol. The Morgan fingerprint density at radius 2 is 1.87 bits per heavy atom. The Balaban J connectivity index is 1.78. The highest BCUT2D eigenvalue weighted by Crippen LogP contribution is 2.36. The number of carboxylic acid groups (broad SMARTS) is 1. The highest BCUT2D eigenvalue weighted by atomic mass is 79.9. The van der Waals surface area contributed by atoms with Crippen molar-refractivity contribution < 1.29 is 19.4 Å². The maximum atomic E-state index is 11.4. The molecule has 3 rings (SSSR count). The zero-order chi connectivity index (χ0) is 16.2. The van der Waals surface area contributed by atoms with Gasteiger partial charge >= 0.3 is 5.97 Å². The molecule has 2 aromatic carbocycles. The van der Waals surface area contributed by atoms with E-state index in [4.69, 9.17) is 9.47 Å². The molecule has 0 radical (unpaired) electrons. The van der Waals surface area contributed by atoms with Gasteiger partial charge in [-0.05, 0) is 46.3 Å². The average Bonchev–Trinajstić information content (AvgIpc) is 3.37. The van der Waals surface area contributed by atoms with Crippen molar-refractivity contribution in [3.63, 3.8) is 0 Å². The minimum atomic E-state index is -1.01. The molecule has 5 heteroatoms. The molecule has 0 saturated heterocycles. The molecule has 120 valence electrons. The van der Waals surface area contributed by atoms with Crippen molar-refractivity contribution in [3.8, 4) is 11.5 Å². The Hall–Kier alpha value is -2.01. The molecule has 1 fully saturated rings. The van der Waals surface area contributed by atoms with E-state index in [0.717, 1.165) is 18.4 Å². The molecule has 1 N–H and O–H groups in total. The Labute approximate surface area is 143 Å². The van der Waals surface area contributed by atoms with Gasteiger partial charge in [0.15, 0.2) is 0 Å². The SMILES string of the molecule is O=C(O)c1cc(Br)c(OCc2ccccc2)cc1OCC1CC1. The predicted octanol–water partition coefficient (Wildman–Crippen LogP) is 4.52. The van der Waals surface area contributed by atoms with Crippen LogP contribution in [0.3, 0.4) is 0 Å². The quantitative estimate of drug-likeness (QED) is 0.771. The van der Waals surface area contributed by atoms with Gasteiger partial charge in [0.1, 0.15) is 23.7 Å². The summed E-state index contributed by atoms with van der Waals surface area (Å²) in [5, 5.41) is 9.33. The summed E-state index contributed by atoms with van der Waals surface area (Å²) < 4.78 is 12.1. The second-order valence-corrected chi connectivity index (χ2v) is 6.47. The molecule has 0 aromatic heterocycles. The van der Waals surface area contributed by atoms with Gasteiger partial charge in [-0.25, -0.2) is 4.79 Å². The molecular weight excluding hydrogens is 360 g/mol. The largest absolute Gasteiger partial charge is 0.492 e. The maximum Gasteiger partial charge on any atom is 0.339 e. The van der Waals surface area contributed by atoms with Crippen LogP contribution in [-0.4, -0.2) is 17.7 Å². The third kappa shape index (κ3) is 4.26. The summed E-state index contributed by atoms with van der Waals surface area (Å²) in [7, 11) is 0. The van der Waals surface area contributed by atoms with E-state index < -0.39 is 5.97 Å². The lowest BCUT2D eigenvalue weighted by atomic mass is 10.2. The molecule has 0 bridgehead atoms. The van der Waals surface area contributed by atoms with Crippen molar-refractivity contribution in [2.24, 2.45) is 5.92 Å². The van der Waals surface area contributed by atoms with Crippen molar-refractivity contribution in [2.75, 3.05) is 6.61 Å². The van der Waals surface area contributed by atoms with Crippen LogP contribution in [0.1, 0.15) is 28.8 Å². The van der Waals surface area contributed by atoms with Crippen LogP contribution in [0.4, 0.5) is 0 Å². The van der Waals surface area contributed by atoms with E-state index >= 15 is 0 Å². The topological polar surface area (TPSA) is 55.8 Å². The lowest BCUT2D eigenvalue weighted by molar-refractivity contribution is 0.0691. The second kappa shape index (κ2) is 7.04. The number of halogens is 1. The molecule has 0 amide bonds. The number of hydrogen-bond donors (Lipinski definition) is 1. The standard InChI is InChI=1S/C18H17BrO4/c19-15-8-14(18(20)21)16(22-11-13-6-7-13)9-17(15)23-10-12-4-2-1-3-5-12/h1-5,8-9,13H,6-7,10-11H2,(H,20,21). The van der Waals surface area contributed by atoms with Crippen molar-refractivity contribution in [1.82, 2.24) is 0 Å². The molecule has 0 unspecified atom stereocenters. The van der Waals surface area contributed by atoms with E-state index in [1.165, 1.54) is 6.07 Å². The van der Waals surface area contributed by atoms with Gasteiger partial charge in [0.2, 0.25) is 0 Å². The highest BCUT2D eigenvalue weighted by molar-refractivity contribution is 9.10.